The zero-order valence-electron chi connectivity index (χ0n) is 12.8. The minimum atomic E-state index is -0.123. The fourth-order valence-corrected chi connectivity index (χ4v) is 2.11. The van der Waals surface area contributed by atoms with Crippen LogP contribution >= 0.6 is 0 Å². The standard InChI is InChI=1S/C14H21N5O2/c1-10(7-19-6-5-15-9-19)16-14(20)18(4)8-13-11(2)17-21-12(13)3/h5-6,9-10H,7-8H2,1-4H3,(H,16,20)/t10-/m0/s1. The van der Waals surface area contributed by atoms with Crippen LogP contribution in [0.4, 0.5) is 4.79 Å². The molecule has 2 rings (SSSR count). The number of carbonyl (C=O) groups is 1. The Morgan fingerprint density at radius 1 is 1.52 bits per heavy atom. The predicted molar refractivity (Wildman–Crippen MR) is 77.7 cm³/mol. The number of hydrogen-bond acceptors (Lipinski definition) is 4. The van der Waals surface area contributed by atoms with Gasteiger partial charge in [0.25, 0.3) is 0 Å². The molecule has 0 bridgehead atoms. The quantitative estimate of drug-likeness (QED) is 0.910. The highest BCUT2D eigenvalue weighted by molar-refractivity contribution is 5.74. The van der Waals surface area contributed by atoms with Gasteiger partial charge in [0.1, 0.15) is 5.76 Å². The van der Waals surface area contributed by atoms with Crippen molar-refractivity contribution in [3.05, 3.63) is 35.7 Å². The zero-order chi connectivity index (χ0) is 15.4. The number of rotatable bonds is 5. The third kappa shape index (κ3) is 3.84. The van der Waals surface area contributed by atoms with Crippen LogP contribution in [-0.2, 0) is 13.1 Å². The van der Waals surface area contributed by atoms with Crippen molar-refractivity contribution in [1.82, 2.24) is 24.9 Å². The molecule has 0 saturated carbocycles. The maximum atomic E-state index is 12.2. The molecule has 0 aliphatic rings. The van der Waals surface area contributed by atoms with E-state index < -0.39 is 0 Å². The molecule has 0 fully saturated rings. The Labute approximate surface area is 123 Å². The minimum absolute atomic E-state index is 0.0128. The largest absolute Gasteiger partial charge is 0.361 e. The number of imidazole rings is 1. The van der Waals surface area contributed by atoms with Gasteiger partial charge < -0.3 is 19.3 Å². The Morgan fingerprint density at radius 3 is 2.86 bits per heavy atom. The van der Waals surface area contributed by atoms with Crippen molar-refractivity contribution in [2.75, 3.05) is 7.05 Å². The molecule has 114 valence electrons. The Kier molecular flexibility index (Phi) is 4.62. The highest BCUT2D eigenvalue weighted by Gasteiger charge is 2.16. The summed E-state index contributed by atoms with van der Waals surface area (Å²) in [5.41, 5.74) is 1.77. The van der Waals surface area contributed by atoms with Crippen molar-refractivity contribution in [2.45, 2.75) is 39.9 Å². The van der Waals surface area contributed by atoms with E-state index in [0.717, 1.165) is 17.0 Å². The molecule has 1 atom stereocenters. The number of aryl methyl sites for hydroxylation is 2. The first-order chi connectivity index (χ1) is 9.97. The Bertz CT molecular complexity index is 571. The molecule has 2 aromatic rings. The Balaban J connectivity index is 1.87. The summed E-state index contributed by atoms with van der Waals surface area (Å²) in [6.45, 7) is 6.85. The molecule has 0 unspecified atom stereocenters. The van der Waals surface area contributed by atoms with Crippen molar-refractivity contribution in [3.8, 4) is 0 Å². The van der Waals surface area contributed by atoms with Crippen molar-refractivity contribution in [1.29, 1.82) is 0 Å². The summed E-state index contributed by atoms with van der Waals surface area (Å²) in [6, 6.07) is -0.110. The molecular weight excluding hydrogens is 270 g/mol. The molecule has 0 saturated heterocycles. The summed E-state index contributed by atoms with van der Waals surface area (Å²) in [5, 5.41) is 6.85. The average Bonchev–Trinajstić information content (AvgIpc) is 3.03. The van der Waals surface area contributed by atoms with Gasteiger partial charge in [-0.1, -0.05) is 5.16 Å². The number of hydrogen-bond donors (Lipinski definition) is 1. The monoisotopic (exact) mass is 291 g/mol. The van der Waals surface area contributed by atoms with E-state index in [1.807, 2.05) is 31.5 Å². The highest BCUT2D eigenvalue weighted by atomic mass is 16.5. The van der Waals surface area contributed by atoms with E-state index in [4.69, 9.17) is 4.52 Å². The molecule has 7 nitrogen and oxygen atoms in total. The average molecular weight is 291 g/mol. The fraction of sp³-hybridized carbons (Fsp3) is 0.500. The van der Waals surface area contributed by atoms with Crippen LogP contribution in [0.1, 0.15) is 23.9 Å². The molecule has 0 aromatic carbocycles. The van der Waals surface area contributed by atoms with E-state index in [0.29, 0.717) is 13.1 Å². The minimum Gasteiger partial charge on any atom is -0.361 e. The molecular formula is C14H21N5O2. The lowest BCUT2D eigenvalue weighted by molar-refractivity contribution is 0.202. The molecule has 21 heavy (non-hydrogen) atoms. The Morgan fingerprint density at radius 2 is 2.29 bits per heavy atom. The van der Waals surface area contributed by atoms with Crippen molar-refractivity contribution >= 4 is 6.03 Å². The summed E-state index contributed by atoms with van der Waals surface area (Å²) in [6.07, 6.45) is 5.32. The van der Waals surface area contributed by atoms with Gasteiger partial charge >= 0.3 is 6.03 Å². The number of carbonyl (C=O) groups excluding carboxylic acids is 1. The third-order valence-corrected chi connectivity index (χ3v) is 3.34. The van der Waals surface area contributed by atoms with Gasteiger partial charge in [-0.3, -0.25) is 0 Å². The first-order valence-electron chi connectivity index (χ1n) is 6.86. The van der Waals surface area contributed by atoms with Gasteiger partial charge in [0.05, 0.1) is 18.6 Å². The third-order valence-electron chi connectivity index (χ3n) is 3.34. The summed E-state index contributed by atoms with van der Waals surface area (Å²) >= 11 is 0. The predicted octanol–water partition coefficient (Wildman–Crippen LogP) is 1.72. The van der Waals surface area contributed by atoms with Crippen LogP contribution in [0.2, 0.25) is 0 Å². The smallest absolute Gasteiger partial charge is 0.317 e. The van der Waals surface area contributed by atoms with Crippen LogP contribution in [0.15, 0.2) is 23.2 Å². The van der Waals surface area contributed by atoms with Crippen LogP contribution < -0.4 is 5.32 Å². The van der Waals surface area contributed by atoms with Gasteiger partial charge in [-0.15, -0.1) is 0 Å². The van der Waals surface area contributed by atoms with E-state index in [1.165, 1.54) is 0 Å². The number of aromatic nitrogens is 3. The topological polar surface area (TPSA) is 76.2 Å². The van der Waals surface area contributed by atoms with E-state index in [-0.39, 0.29) is 12.1 Å². The summed E-state index contributed by atoms with van der Waals surface area (Å²) in [4.78, 5) is 17.8. The molecule has 1 N–H and O–H groups in total. The summed E-state index contributed by atoms with van der Waals surface area (Å²) in [7, 11) is 1.76. The second-order valence-corrected chi connectivity index (χ2v) is 5.27. The number of nitrogens with one attached hydrogen (secondary N) is 1. The van der Waals surface area contributed by atoms with Gasteiger partial charge in [0.15, 0.2) is 0 Å². The van der Waals surface area contributed by atoms with E-state index in [9.17, 15) is 4.79 Å². The van der Waals surface area contributed by atoms with Crippen molar-refractivity contribution in [3.63, 3.8) is 0 Å². The van der Waals surface area contributed by atoms with Crippen molar-refractivity contribution < 1.29 is 9.32 Å². The number of nitrogens with zero attached hydrogens (tertiary/aromatic N) is 4. The molecule has 2 amide bonds. The first-order valence-corrected chi connectivity index (χ1v) is 6.86. The van der Waals surface area contributed by atoms with Gasteiger partial charge in [0.2, 0.25) is 0 Å². The molecule has 2 aromatic heterocycles. The van der Waals surface area contributed by atoms with E-state index in [2.05, 4.69) is 15.5 Å². The highest BCUT2D eigenvalue weighted by Crippen LogP contribution is 2.14. The molecule has 0 aliphatic carbocycles. The lowest BCUT2D eigenvalue weighted by Gasteiger charge is -2.21. The summed E-state index contributed by atoms with van der Waals surface area (Å²) < 4.78 is 7.04. The maximum absolute atomic E-state index is 12.2. The first kappa shape index (κ1) is 15.1. The van der Waals surface area contributed by atoms with Gasteiger partial charge in [0, 0.05) is 37.6 Å². The molecule has 2 heterocycles. The lowest BCUT2D eigenvalue weighted by Crippen LogP contribution is -2.43. The van der Waals surface area contributed by atoms with Crippen LogP contribution in [0.3, 0.4) is 0 Å². The van der Waals surface area contributed by atoms with Gasteiger partial charge in [-0.2, -0.15) is 0 Å². The normalized spacial score (nSPS) is 12.2. The zero-order valence-corrected chi connectivity index (χ0v) is 12.8. The van der Waals surface area contributed by atoms with E-state index >= 15 is 0 Å². The fourth-order valence-electron chi connectivity index (χ4n) is 2.11. The van der Waals surface area contributed by atoms with Gasteiger partial charge in [-0.05, 0) is 20.8 Å². The van der Waals surface area contributed by atoms with Crippen LogP contribution in [-0.4, -0.2) is 38.7 Å². The Hall–Kier alpha value is -2.31. The van der Waals surface area contributed by atoms with Gasteiger partial charge in [-0.25, -0.2) is 9.78 Å². The second kappa shape index (κ2) is 6.43. The number of urea groups is 1. The molecule has 7 heteroatoms. The summed E-state index contributed by atoms with van der Waals surface area (Å²) in [5.74, 6) is 0.749. The van der Waals surface area contributed by atoms with Crippen LogP contribution in [0.5, 0.6) is 0 Å². The molecule has 0 aliphatic heterocycles. The van der Waals surface area contributed by atoms with Crippen LogP contribution in [0.25, 0.3) is 0 Å². The van der Waals surface area contributed by atoms with E-state index in [1.54, 1.807) is 24.5 Å². The lowest BCUT2D eigenvalue weighted by atomic mass is 10.2. The maximum Gasteiger partial charge on any atom is 0.317 e. The van der Waals surface area contributed by atoms with Crippen molar-refractivity contribution in [2.24, 2.45) is 0 Å². The molecule has 0 radical (unpaired) electrons. The molecule has 0 spiro atoms. The second-order valence-electron chi connectivity index (χ2n) is 5.27. The number of amides is 2. The van der Waals surface area contributed by atoms with Crippen LogP contribution in [0, 0.1) is 13.8 Å². The SMILES string of the molecule is Cc1noc(C)c1CN(C)C(=O)N[C@@H](C)Cn1ccnc1.